The molecule has 0 N–H and O–H groups in total. The number of hydrogen-bond acceptors (Lipinski definition) is 2. The Morgan fingerprint density at radius 2 is 1.89 bits per heavy atom. The lowest BCUT2D eigenvalue weighted by atomic mass is 10.2. The van der Waals surface area contributed by atoms with Crippen LogP contribution in [-0.4, -0.2) is 21.3 Å². The van der Waals surface area contributed by atoms with Crippen molar-refractivity contribution in [3.8, 4) is 0 Å². The molecule has 3 rings (SSSR count). The maximum Gasteiger partial charge on any atom is 0.329 e. The molecule has 1 aliphatic rings. The Morgan fingerprint density at radius 1 is 1.21 bits per heavy atom. The highest BCUT2D eigenvalue weighted by atomic mass is 16.5. The SMILES string of the molecule is CCn1c(=O)n(CC2CCC(C)O2)c2ccccc21. The summed E-state index contributed by atoms with van der Waals surface area (Å²) in [5.74, 6) is 0. The van der Waals surface area contributed by atoms with Crippen molar-refractivity contribution in [1.82, 2.24) is 9.13 Å². The van der Waals surface area contributed by atoms with Crippen LogP contribution in [-0.2, 0) is 17.8 Å². The van der Waals surface area contributed by atoms with Crippen molar-refractivity contribution in [2.45, 2.75) is 52.0 Å². The lowest BCUT2D eigenvalue weighted by Gasteiger charge is -2.11. The number of fused-ring (bicyclic) bond motifs is 1. The Kier molecular flexibility index (Phi) is 3.19. The monoisotopic (exact) mass is 260 g/mol. The smallest absolute Gasteiger partial charge is 0.329 e. The predicted molar refractivity (Wildman–Crippen MR) is 75.4 cm³/mol. The second kappa shape index (κ2) is 4.85. The van der Waals surface area contributed by atoms with Gasteiger partial charge in [0.15, 0.2) is 0 Å². The number of para-hydroxylation sites is 2. The number of ether oxygens (including phenoxy) is 1. The van der Waals surface area contributed by atoms with Crippen LogP contribution in [0.2, 0.25) is 0 Å². The van der Waals surface area contributed by atoms with Crippen LogP contribution in [0.15, 0.2) is 29.1 Å². The maximum absolute atomic E-state index is 12.5. The van der Waals surface area contributed by atoms with Gasteiger partial charge in [0.2, 0.25) is 0 Å². The van der Waals surface area contributed by atoms with Crippen LogP contribution in [0.5, 0.6) is 0 Å². The molecular formula is C15H20N2O2. The van der Waals surface area contributed by atoms with Gasteiger partial charge >= 0.3 is 5.69 Å². The standard InChI is InChI=1S/C15H20N2O2/c1-3-16-13-6-4-5-7-14(13)17(15(16)18)10-12-9-8-11(2)19-12/h4-7,11-12H,3,8-10H2,1-2H3. The molecule has 0 aliphatic carbocycles. The molecule has 2 heterocycles. The Balaban J connectivity index is 2.03. The van der Waals surface area contributed by atoms with Crippen molar-refractivity contribution in [3.63, 3.8) is 0 Å². The fourth-order valence-electron chi connectivity index (χ4n) is 2.98. The van der Waals surface area contributed by atoms with Gasteiger partial charge in [-0.1, -0.05) is 12.1 Å². The van der Waals surface area contributed by atoms with Crippen molar-refractivity contribution < 1.29 is 4.74 Å². The first-order chi connectivity index (χ1) is 9.20. The highest BCUT2D eigenvalue weighted by Gasteiger charge is 2.24. The van der Waals surface area contributed by atoms with Crippen LogP contribution in [0.25, 0.3) is 11.0 Å². The van der Waals surface area contributed by atoms with Gasteiger partial charge in [0.25, 0.3) is 0 Å². The summed E-state index contributed by atoms with van der Waals surface area (Å²) in [6.07, 6.45) is 2.62. The topological polar surface area (TPSA) is 36.2 Å². The molecule has 1 saturated heterocycles. The third kappa shape index (κ3) is 2.10. The van der Waals surface area contributed by atoms with E-state index in [1.165, 1.54) is 0 Å². The van der Waals surface area contributed by atoms with Gasteiger partial charge in [-0.05, 0) is 38.8 Å². The first-order valence-corrected chi connectivity index (χ1v) is 7.04. The first kappa shape index (κ1) is 12.5. The van der Waals surface area contributed by atoms with Crippen LogP contribution in [0.3, 0.4) is 0 Å². The van der Waals surface area contributed by atoms with Crippen molar-refractivity contribution >= 4 is 11.0 Å². The molecular weight excluding hydrogens is 240 g/mol. The number of aryl methyl sites for hydroxylation is 1. The van der Waals surface area contributed by atoms with Gasteiger partial charge < -0.3 is 4.74 Å². The van der Waals surface area contributed by atoms with Gasteiger partial charge in [0.05, 0.1) is 29.8 Å². The minimum atomic E-state index is 0.0758. The van der Waals surface area contributed by atoms with Crippen molar-refractivity contribution in [2.75, 3.05) is 0 Å². The molecule has 1 aromatic heterocycles. The highest BCUT2D eigenvalue weighted by molar-refractivity contribution is 5.75. The van der Waals surface area contributed by atoms with Crippen molar-refractivity contribution in [1.29, 1.82) is 0 Å². The summed E-state index contributed by atoms with van der Waals surface area (Å²) < 4.78 is 9.53. The van der Waals surface area contributed by atoms with Gasteiger partial charge in [0.1, 0.15) is 0 Å². The van der Waals surface area contributed by atoms with E-state index >= 15 is 0 Å². The Hall–Kier alpha value is -1.55. The zero-order valence-electron chi connectivity index (χ0n) is 11.5. The Labute approximate surface area is 112 Å². The first-order valence-electron chi connectivity index (χ1n) is 7.04. The van der Waals surface area contributed by atoms with Gasteiger partial charge in [0, 0.05) is 6.54 Å². The van der Waals surface area contributed by atoms with Crippen molar-refractivity contribution in [3.05, 3.63) is 34.7 Å². The summed E-state index contributed by atoms with van der Waals surface area (Å²) >= 11 is 0. The summed E-state index contributed by atoms with van der Waals surface area (Å²) in [5, 5.41) is 0. The van der Waals surface area contributed by atoms with Crippen molar-refractivity contribution in [2.24, 2.45) is 0 Å². The van der Waals surface area contributed by atoms with Gasteiger partial charge in [-0.2, -0.15) is 0 Å². The summed E-state index contributed by atoms with van der Waals surface area (Å²) in [6.45, 7) is 5.47. The van der Waals surface area contributed by atoms with E-state index in [1.54, 1.807) is 0 Å². The van der Waals surface area contributed by atoms with Crippen LogP contribution in [0, 0.1) is 0 Å². The Bertz CT molecular complexity index is 641. The maximum atomic E-state index is 12.5. The van der Waals surface area contributed by atoms with E-state index < -0.39 is 0 Å². The zero-order valence-corrected chi connectivity index (χ0v) is 11.5. The van der Waals surface area contributed by atoms with Crippen LogP contribution >= 0.6 is 0 Å². The largest absolute Gasteiger partial charge is 0.373 e. The van der Waals surface area contributed by atoms with E-state index in [9.17, 15) is 4.79 Å². The normalized spacial score (nSPS) is 23.3. The zero-order chi connectivity index (χ0) is 13.4. The number of benzene rings is 1. The Morgan fingerprint density at radius 3 is 2.47 bits per heavy atom. The molecule has 1 aromatic carbocycles. The molecule has 1 fully saturated rings. The number of aromatic nitrogens is 2. The quantitative estimate of drug-likeness (QED) is 0.849. The number of hydrogen-bond donors (Lipinski definition) is 0. The average molecular weight is 260 g/mol. The molecule has 2 unspecified atom stereocenters. The molecule has 0 saturated carbocycles. The molecule has 2 aromatic rings. The molecule has 0 amide bonds. The summed E-state index contributed by atoms with van der Waals surface area (Å²) in [4.78, 5) is 12.5. The average Bonchev–Trinajstić information content (AvgIpc) is 2.93. The van der Waals surface area contributed by atoms with Crippen LogP contribution < -0.4 is 5.69 Å². The fraction of sp³-hybridized carbons (Fsp3) is 0.533. The molecule has 19 heavy (non-hydrogen) atoms. The second-order valence-electron chi connectivity index (χ2n) is 5.27. The second-order valence-corrected chi connectivity index (χ2v) is 5.27. The lowest BCUT2D eigenvalue weighted by molar-refractivity contribution is 0.0458. The van der Waals surface area contributed by atoms with Crippen LogP contribution in [0.1, 0.15) is 26.7 Å². The van der Waals surface area contributed by atoms with E-state index in [1.807, 2.05) is 40.3 Å². The molecule has 4 heteroatoms. The van der Waals surface area contributed by atoms with E-state index in [4.69, 9.17) is 4.74 Å². The molecule has 102 valence electrons. The predicted octanol–water partition coefficient (Wildman–Crippen LogP) is 2.39. The van der Waals surface area contributed by atoms with Crippen LogP contribution in [0.4, 0.5) is 0 Å². The number of imidazole rings is 1. The third-order valence-corrected chi connectivity index (χ3v) is 3.95. The molecule has 0 spiro atoms. The van der Waals surface area contributed by atoms with E-state index in [-0.39, 0.29) is 11.8 Å². The molecule has 1 aliphatic heterocycles. The van der Waals surface area contributed by atoms with Gasteiger partial charge in [-0.15, -0.1) is 0 Å². The minimum absolute atomic E-state index is 0.0758. The molecule has 0 radical (unpaired) electrons. The highest BCUT2D eigenvalue weighted by Crippen LogP contribution is 2.22. The molecule has 4 nitrogen and oxygen atoms in total. The van der Waals surface area contributed by atoms with Gasteiger partial charge in [-0.25, -0.2) is 4.79 Å². The van der Waals surface area contributed by atoms with E-state index in [2.05, 4.69) is 6.92 Å². The summed E-state index contributed by atoms with van der Waals surface area (Å²) in [5.41, 5.74) is 2.10. The summed E-state index contributed by atoms with van der Waals surface area (Å²) in [6, 6.07) is 7.99. The fourth-order valence-corrected chi connectivity index (χ4v) is 2.98. The lowest BCUT2D eigenvalue weighted by Crippen LogP contribution is -2.28. The number of nitrogens with zero attached hydrogens (tertiary/aromatic N) is 2. The van der Waals surface area contributed by atoms with Gasteiger partial charge in [-0.3, -0.25) is 9.13 Å². The number of rotatable bonds is 3. The third-order valence-electron chi connectivity index (χ3n) is 3.95. The summed E-state index contributed by atoms with van der Waals surface area (Å²) in [7, 11) is 0. The molecule has 0 bridgehead atoms. The molecule has 2 atom stereocenters. The minimum Gasteiger partial charge on any atom is -0.373 e. The van der Waals surface area contributed by atoms with E-state index in [0.717, 1.165) is 23.9 Å². The van der Waals surface area contributed by atoms with E-state index in [0.29, 0.717) is 19.2 Å².